The summed E-state index contributed by atoms with van der Waals surface area (Å²) < 4.78 is 32.9. The van der Waals surface area contributed by atoms with Crippen molar-refractivity contribution in [3.63, 3.8) is 0 Å². The van der Waals surface area contributed by atoms with E-state index in [2.05, 4.69) is 0 Å². The largest absolute Gasteiger partial charge is 0.488 e. The van der Waals surface area contributed by atoms with Crippen molar-refractivity contribution in [2.24, 2.45) is 0 Å². The predicted octanol–water partition coefficient (Wildman–Crippen LogP) is 1.39. The van der Waals surface area contributed by atoms with E-state index in [1.54, 1.807) is 21.3 Å². The molecule has 0 saturated carbocycles. The summed E-state index contributed by atoms with van der Waals surface area (Å²) in [5.41, 5.74) is 0. The van der Waals surface area contributed by atoms with Crippen molar-refractivity contribution in [3.8, 4) is 0 Å². The van der Waals surface area contributed by atoms with Gasteiger partial charge in [0.1, 0.15) is 6.10 Å². The molecule has 0 N–H and O–H groups in total. The first-order valence-electron chi connectivity index (χ1n) is 6.52. The fourth-order valence-corrected chi connectivity index (χ4v) is 7.33. The number of hydrogen-bond donors (Lipinski definition) is 0. The lowest BCUT2D eigenvalue weighted by Crippen LogP contribution is -2.52. The molecule has 1 rings (SSSR count). The molecule has 0 amide bonds. The summed E-state index contributed by atoms with van der Waals surface area (Å²) in [6, 6.07) is 0.852. The summed E-state index contributed by atoms with van der Waals surface area (Å²) in [5, 5.41) is 0. The minimum Gasteiger partial charge on any atom is -0.398 e. The van der Waals surface area contributed by atoms with Crippen LogP contribution in [0, 0.1) is 0 Å². The van der Waals surface area contributed by atoms with Crippen LogP contribution in [0.4, 0.5) is 0 Å². The Morgan fingerprint density at radius 2 is 1.74 bits per heavy atom. The van der Waals surface area contributed by atoms with Crippen LogP contribution in [0.2, 0.25) is 19.1 Å². The molecule has 2 unspecified atom stereocenters. The summed E-state index contributed by atoms with van der Waals surface area (Å²) in [4.78, 5) is 0. The molecule has 19 heavy (non-hydrogen) atoms. The third kappa shape index (κ3) is 6.45. The van der Waals surface area contributed by atoms with Crippen molar-refractivity contribution in [3.05, 3.63) is 0 Å². The average molecular weight is 310 g/mol. The third-order valence-electron chi connectivity index (χ3n) is 3.20. The highest BCUT2D eigenvalue weighted by molar-refractivity contribution is 6.77. The standard InChI is InChI=1S/C11H26O6Si2/c1-12-18(4,17-19(5,13-2)14-3)8-6-7-15-9-11-10-16-11/h11H,6-10H2,1-5H3. The predicted molar refractivity (Wildman–Crippen MR) is 75.3 cm³/mol. The molecule has 1 heterocycles. The quantitative estimate of drug-likeness (QED) is 0.326. The molecule has 0 radical (unpaired) electrons. The molecule has 0 aliphatic carbocycles. The second kappa shape index (κ2) is 7.84. The fraction of sp³-hybridized carbons (Fsp3) is 1.00. The van der Waals surface area contributed by atoms with Crippen LogP contribution in [-0.4, -0.2) is 64.6 Å². The molecule has 0 aromatic heterocycles. The summed E-state index contributed by atoms with van der Waals surface area (Å²) in [7, 11) is 0.0899. The van der Waals surface area contributed by atoms with E-state index in [4.69, 9.17) is 26.9 Å². The smallest absolute Gasteiger partial charge is 0.398 e. The number of rotatable bonds is 11. The van der Waals surface area contributed by atoms with Gasteiger partial charge in [0, 0.05) is 34.5 Å². The van der Waals surface area contributed by atoms with Gasteiger partial charge in [-0.3, -0.25) is 0 Å². The molecule has 0 bridgehead atoms. The Morgan fingerprint density at radius 1 is 1.11 bits per heavy atom. The first-order chi connectivity index (χ1) is 8.97. The molecule has 6 nitrogen and oxygen atoms in total. The van der Waals surface area contributed by atoms with E-state index in [-0.39, 0.29) is 0 Å². The molecule has 0 aromatic carbocycles. The van der Waals surface area contributed by atoms with Crippen LogP contribution >= 0.6 is 0 Å². The molecule has 1 saturated heterocycles. The van der Waals surface area contributed by atoms with Crippen molar-refractivity contribution in [2.45, 2.75) is 31.7 Å². The van der Waals surface area contributed by atoms with E-state index in [9.17, 15) is 0 Å². The molecular formula is C11H26O6Si2. The second-order valence-corrected chi connectivity index (χ2v) is 11.4. The SMILES string of the molecule is CO[Si](C)(CCCOCC1CO1)O[Si](C)(OC)OC. The van der Waals surface area contributed by atoms with Crippen molar-refractivity contribution in [2.75, 3.05) is 41.2 Å². The molecule has 1 fully saturated rings. The maximum absolute atomic E-state index is 6.04. The molecule has 114 valence electrons. The van der Waals surface area contributed by atoms with Gasteiger partial charge in [-0.05, 0) is 19.0 Å². The Morgan fingerprint density at radius 3 is 2.21 bits per heavy atom. The zero-order valence-corrected chi connectivity index (χ0v) is 14.6. The fourth-order valence-electron chi connectivity index (χ4n) is 1.63. The van der Waals surface area contributed by atoms with E-state index in [1.807, 2.05) is 13.1 Å². The van der Waals surface area contributed by atoms with Crippen LogP contribution < -0.4 is 0 Å². The lowest BCUT2D eigenvalue weighted by molar-refractivity contribution is 0.112. The van der Waals surface area contributed by atoms with Gasteiger partial charge in [-0.2, -0.15) is 0 Å². The lowest BCUT2D eigenvalue weighted by atomic mass is 10.5. The number of ether oxygens (including phenoxy) is 2. The molecule has 0 aromatic rings. The highest BCUT2D eigenvalue weighted by atomic mass is 28.5. The highest BCUT2D eigenvalue weighted by Gasteiger charge is 2.43. The average Bonchev–Trinajstić information content (AvgIpc) is 3.22. The van der Waals surface area contributed by atoms with Crippen molar-refractivity contribution >= 4 is 17.4 Å². The van der Waals surface area contributed by atoms with Crippen LogP contribution in [0.15, 0.2) is 0 Å². The maximum atomic E-state index is 6.04. The van der Waals surface area contributed by atoms with Gasteiger partial charge in [-0.15, -0.1) is 0 Å². The van der Waals surface area contributed by atoms with Crippen molar-refractivity contribution in [1.82, 2.24) is 0 Å². The van der Waals surface area contributed by atoms with E-state index in [1.165, 1.54) is 0 Å². The highest BCUT2D eigenvalue weighted by Crippen LogP contribution is 2.21. The van der Waals surface area contributed by atoms with Gasteiger partial charge in [0.15, 0.2) is 0 Å². The van der Waals surface area contributed by atoms with Gasteiger partial charge in [-0.25, -0.2) is 0 Å². The van der Waals surface area contributed by atoms with Gasteiger partial charge >= 0.3 is 17.4 Å². The summed E-state index contributed by atoms with van der Waals surface area (Å²) in [5.74, 6) is 0. The monoisotopic (exact) mass is 310 g/mol. The van der Waals surface area contributed by atoms with Crippen LogP contribution in [0.1, 0.15) is 6.42 Å². The van der Waals surface area contributed by atoms with Crippen molar-refractivity contribution in [1.29, 1.82) is 0 Å². The minimum absolute atomic E-state index is 0.319. The van der Waals surface area contributed by atoms with Crippen LogP contribution in [0.5, 0.6) is 0 Å². The summed E-state index contributed by atoms with van der Waals surface area (Å²) in [6.45, 7) is 6.12. The van der Waals surface area contributed by atoms with E-state index < -0.39 is 17.4 Å². The van der Waals surface area contributed by atoms with E-state index >= 15 is 0 Å². The van der Waals surface area contributed by atoms with Crippen LogP contribution in [-0.2, 0) is 26.9 Å². The van der Waals surface area contributed by atoms with Gasteiger partial charge in [0.25, 0.3) is 0 Å². The molecule has 1 aliphatic heterocycles. The Bertz CT molecular complexity index is 260. The van der Waals surface area contributed by atoms with Crippen LogP contribution in [0.3, 0.4) is 0 Å². The molecule has 2 atom stereocenters. The summed E-state index contributed by atoms with van der Waals surface area (Å²) >= 11 is 0. The maximum Gasteiger partial charge on any atom is 0.488 e. The summed E-state index contributed by atoms with van der Waals surface area (Å²) in [6.07, 6.45) is 1.22. The van der Waals surface area contributed by atoms with Crippen molar-refractivity contribution < 1.29 is 26.9 Å². The molecular weight excluding hydrogens is 284 g/mol. The minimum atomic E-state index is -2.55. The molecule has 8 heteroatoms. The van der Waals surface area contributed by atoms with Gasteiger partial charge < -0.3 is 26.9 Å². The molecule has 1 aliphatic rings. The van der Waals surface area contributed by atoms with Gasteiger partial charge in [0.05, 0.1) is 13.2 Å². The topological polar surface area (TPSA) is 58.7 Å². The number of hydrogen-bond acceptors (Lipinski definition) is 6. The first kappa shape index (κ1) is 17.2. The van der Waals surface area contributed by atoms with E-state index in [0.717, 1.165) is 19.1 Å². The zero-order valence-electron chi connectivity index (χ0n) is 12.6. The third-order valence-corrected chi connectivity index (χ3v) is 10.0. The first-order valence-corrected chi connectivity index (χ1v) is 11.3. The van der Waals surface area contributed by atoms with Gasteiger partial charge in [-0.1, -0.05) is 0 Å². The Labute approximate surface area is 117 Å². The van der Waals surface area contributed by atoms with Gasteiger partial charge in [0.2, 0.25) is 0 Å². The zero-order chi connectivity index (χ0) is 14.4. The molecule has 0 spiro atoms. The lowest BCUT2D eigenvalue weighted by Gasteiger charge is -2.33. The normalized spacial score (nSPS) is 22.3. The Kier molecular flexibility index (Phi) is 7.12. The van der Waals surface area contributed by atoms with E-state index in [0.29, 0.717) is 19.3 Å². The Hall–Kier alpha value is 0.194. The number of epoxide rings is 1. The Balaban J connectivity index is 2.27. The second-order valence-electron chi connectivity index (χ2n) is 4.84. The van der Waals surface area contributed by atoms with Crippen LogP contribution in [0.25, 0.3) is 0 Å².